The molecular weight excluding hydrogens is 250 g/mol. The van der Waals surface area contributed by atoms with Crippen LogP contribution in [0.2, 0.25) is 0 Å². The quantitative estimate of drug-likeness (QED) is 0.775. The Morgan fingerprint density at radius 2 is 1.95 bits per heavy atom. The van der Waals surface area contributed by atoms with Gasteiger partial charge in [-0.25, -0.2) is 0 Å². The third-order valence-electron chi connectivity index (χ3n) is 3.69. The number of aliphatic hydroxyl groups is 1. The standard InChI is InChI=1S/C17H23NO2/c1-2-14(10-11-19)13-18-17(16-9-6-12-20-16)15-7-4-3-5-8-15/h3-9,12,14,17-19H,2,10-11,13H2,1H3. The van der Waals surface area contributed by atoms with Crippen LogP contribution in [0.1, 0.15) is 37.1 Å². The predicted octanol–water partition coefficient (Wildman–Crippen LogP) is 3.37. The molecule has 2 unspecified atom stereocenters. The molecule has 3 nitrogen and oxygen atoms in total. The molecule has 0 radical (unpaired) electrons. The van der Waals surface area contributed by atoms with Crippen molar-refractivity contribution in [3.05, 3.63) is 60.1 Å². The van der Waals surface area contributed by atoms with Crippen LogP contribution in [0.5, 0.6) is 0 Å². The molecule has 1 aromatic heterocycles. The summed E-state index contributed by atoms with van der Waals surface area (Å²) in [5, 5.41) is 12.7. The van der Waals surface area contributed by atoms with E-state index in [2.05, 4.69) is 24.4 Å². The number of nitrogens with one attached hydrogen (secondary N) is 1. The third-order valence-corrected chi connectivity index (χ3v) is 3.69. The van der Waals surface area contributed by atoms with E-state index in [-0.39, 0.29) is 12.6 Å². The van der Waals surface area contributed by atoms with Gasteiger partial charge in [-0.05, 0) is 36.6 Å². The summed E-state index contributed by atoms with van der Waals surface area (Å²) in [5.74, 6) is 1.41. The molecule has 0 aliphatic carbocycles. The normalized spacial score (nSPS) is 14.1. The highest BCUT2D eigenvalue weighted by Gasteiger charge is 2.17. The molecule has 2 atom stereocenters. The fourth-order valence-electron chi connectivity index (χ4n) is 2.40. The van der Waals surface area contributed by atoms with Crippen molar-refractivity contribution in [3.63, 3.8) is 0 Å². The maximum atomic E-state index is 9.09. The Morgan fingerprint density at radius 1 is 1.15 bits per heavy atom. The first-order valence-electron chi connectivity index (χ1n) is 7.27. The zero-order chi connectivity index (χ0) is 14.2. The van der Waals surface area contributed by atoms with Gasteiger partial charge >= 0.3 is 0 Å². The van der Waals surface area contributed by atoms with E-state index in [1.165, 1.54) is 5.56 Å². The highest BCUT2D eigenvalue weighted by molar-refractivity contribution is 5.26. The van der Waals surface area contributed by atoms with Crippen molar-refractivity contribution in [1.29, 1.82) is 0 Å². The van der Waals surface area contributed by atoms with Gasteiger partial charge in [-0.2, -0.15) is 0 Å². The Morgan fingerprint density at radius 3 is 2.55 bits per heavy atom. The third kappa shape index (κ3) is 3.95. The van der Waals surface area contributed by atoms with Gasteiger partial charge in [0, 0.05) is 6.61 Å². The molecule has 108 valence electrons. The van der Waals surface area contributed by atoms with Gasteiger partial charge in [0.25, 0.3) is 0 Å². The van der Waals surface area contributed by atoms with E-state index in [4.69, 9.17) is 9.52 Å². The lowest BCUT2D eigenvalue weighted by molar-refractivity contribution is 0.248. The summed E-state index contributed by atoms with van der Waals surface area (Å²) in [5.41, 5.74) is 1.20. The Kier molecular flexibility index (Phi) is 5.84. The summed E-state index contributed by atoms with van der Waals surface area (Å²) < 4.78 is 5.56. The van der Waals surface area contributed by atoms with Crippen molar-refractivity contribution in [2.75, 3.05) is 13.2 Å². The van der Waals surface area contributed by atoms with E-state index in [1.807, 2.05) is 30.3 Å². The first-order valence-corrected chi connectivity index (χ1v) is 7.27. The van der Waals surface area contributed by atoms with E-state index in [0.29, 0.717) is 5.92 Å². The minimum atomic E-state index is 0.0685. The first-order chi connectivity index (χ1) is 9.85. The van der Waals surface area contributed by atoms with E-state index in [9.17, 15) is 0 Å². The average molecular weight is 273 g/mol. The highest BCUT2D eigenvalue weighted by Crippen LogP contribution is 2.23. The van der Waals surface area contributed by atoms with Crippen molar-refractivity contribution < 1.29 is 9.52 Å². The van der Waals surface area contributed by atoms with Gasteiger partial charge in [-0.1, -0.05) is 43.7 Å². The molecule has 0 aliphatic heterocycles. The van der Waals surface area contributed by atoms with Crippen LogP contribution < -0.4 is 5.32 Å². The molecule has 1 aromatic carbocycles. The van der Waals surface area contributed by atoms with Gasteiger partial charge < -0.3 is 14.8 Å². The summed E-state index contributed by atoms with van der Waals surface area (Å²) in [6.45, 7) is 3.28. The van der Waals surface area contributed by atoms with Crippen molar-refractivity contribution >= 4 is 0 Å². The Labute approximate surface area is 120 Å². The molecule has 0 bridgehead atoms. The Bertz CT molecular complexity index is 467. The molecule has 1 heterocycles. The van der Waals surface area contributed by atoms with Crippen LogP contribution in [-0.4, -0.2) is 18.3 Å². The van der Waals surface area contributed by atoms with Crippen LogP contribution in [0.3, 0.4) is 0 Å². The maximum absolute atomic E-state index is 9.09. The molecule has 20 heavy (non-hydrogen) atoms. The first kappa shape index (κ1) is 14.8. The molecule has 0 spiro atoms. The van der Waals surface area contributed by atoms with Gasteiger partial charge in [0.05, 0.1) is 12.3 Å². The smallest absolute Gasteiger partial charge is 0.125 e. The van der Waals surface area contributed by atoms with E-state index in [1.54, 1.807) is 6.26 Å². The molecule has 3 heteroatoms. The molecule has 2 rings (SSSR count). The van der Waals surface area contributed by atoms with Crippen LogP contribution in [0, 0.1) is 5.92 Å². The maximum Gasteiger partial charge on any atom is 0.125 e. The number of hydrogen-bond acceptors (Lipinski definition) is 3. The van der Waals surface area contributed by atoms with Crippen LogP contribution in [0.15, 0.2) is 53.1 Å². The molecular formula is C17H23NO2. The summed E-state index contributed by atoms with van der Waals surface area (Å²) in [7, 11) is 0. The molecule has 0 fully saturated rings. The number of hydrogen-bond donors (Lipinski definition) is 2. The highest BCUT2D eigenvalue weighted by atomic mass is 16.3. The predicted molar refractivity (Wildman–Crippen MR) is 80.5 cm³/mol. The monoisotopic (exact) mass is 273 g/mol. The summed E-state index contributed by atoms with van der Waals surface area (Å²) in [6.07, 6.45) is 3.61. The topological polar surface area (TPSA) is 45.4 Å². The number of aliphatic hydroxyl groups excluding tert-OH is 1. The minimum absolute atomic E-state index is 0.0685. The van der Waals surface area contributed by atoms with Crippen molar-refractivity contribution in [2.45, 2.75) is 25.8 Å². The average Bonchev–Trinajstić information content (AvgIpc) is 3.01. The number of furan rings is 1. The van der Waals surface area contributed by atoms with E-state index < -0.39 is 0 Å². The largest absolute Gasteiger partial charge is 0.467 e. The molecule has 0 saturated carbocycles. The van der Waals surface area contributed by atoms with E-state index >= 15 is 0 Å². The van der Waals surface area contributed by atoms with E-state index in [0.717, 1.165) is 25.1 Å². The summed E-state index contributed by atoms with van der Waals surface area (Å²) in [6, 6.07) is 14.3. The Balaban J connectivity index is 2.08. The lowest BCUT2D eigenvalue weighted by Gasteiger charge is -2.21. The number of rotatable bonds is 8. The van der Waals surface area contributed by atoms with Gasteiger partial charge in [-0.3, -0.25) is 0 Å². The fraction of sp³-hybridized carbons (Fsp3) is 0.412. The van der Waals surface area contributed by atoms with Gasteiger partial charge in [0.15, 0.2) is 0 Å². The van der Waals surface area contributed by atoms with Gasteiger partial charge in [-0.15, -0.1) is 0 Å². The number of benzene rings is 1. The fourth-order valence-corrected chi connectivity index (χ4v) is 2.40. The second-order valence-corrected chi connectivity index (χ2v) is 5.05. The summed E-state index contributed by atoms with van der Waals surface area (Å²) in [4.78, 5) is 0. The van der Waals surface area contributed by atoms with Gasteiger partial charge in [0.2, 0.25) is 0 Å². The van der Waals surface area contributed by atoms with Crippen LogP contribution in [-0.2, 0) is 0 Å². The van der Waals surface area contributed by atoms with Crippen molar-refractivity contribution in [3.8, 4) is 0 Å². The molecule has 0 saturated heterocycles. The minimum Gasteiger partial charge on any atom is -0.467 e. The van der Waals surface area contributed by atoms with Gasteiger partial charge in [0.1, 0.15) is 5.76 Å². The van der Waals surface area contributed by atoms with Crippen molar-refractivity contribution in [1.82, 2.24) is 5.32 Å². The zero-order valence-corrected chi connectivity index (χ0v) is 12.0. The molecule has 2 aromatic rings. The second-order valence-electron chi connectivity index (χ2n) is 5.05. The molecule has 0 aliphatic rings. The second kappa shape index (κ2) is 7.88. The lowest BCUT2D eigenvalue weighted by Crippen LogP contribution is -2.28. The Hall–Kier alpha value is -1.58. The molecule has 2 N–H and O–H groups in total. The SMILES string of the molecule is CCC(CCO)CNC(c1ccccc1)c1ccco1. The van der Waals surface area contributed by atoms with Crippen LogP contribution in [0.25, 0.3) is 0 Å². The lowest BCUT2D eigenvalue weighted by atomic mass is 10.00. The van der Waals surface area contributed by atoms with Crippen LogP contribution >= 0.6 is 0 Å². The summed E-state index contributed by atoms with van der Waals surface area (Å²) >= 11 is 0. The van der Waals surface area contributed by atoms with Crippen molar-refractivity contribution in [2.24, 2.45) is 5.92 Å². The van der Waals surface area contributed by atoms with Crippen LogP contribution in [0.4, 0.5) is 0 Å². The molecule has 0 amide bonds. The zero-order valence-electron chi connectivity index (χ0n) is 12.0.